The van der Waals surface area contributed by atoms with Crippen LogP contribution in [-0.4, -0.2) is 24.7 Å². The largest absolute Gasteiger partial charge is 0.397 e. The zero-order chi connectivity index (χ0) is 26.0. The maximum Gasteiger partial charge on any atom is 0.397 e. The molecule has 202 valence electrons. The van der Waals surface area contributed by atoms with Crippen LogP contribution >= 0.6 is 0 Å². The number of alkyl halides is 3. The Morgan fingerprint density at radius 1 is 1.06 bits per heavy atom. The summed E-state index contributed by atoms with van der Waals surface area (Å²) in [7, 11) is -4.51. The molecule has 4 rings (SSSR count). The third-order valence-corrected chi connectivity index (χ3v) is 11.7. The standard InChI is InChI=1S/C27H43F3O4S/c1-17(6-7-18(2)27(28,29)30)21-10-11-22-20-9-8-19-16-24(3,34-35(31,32)33)14-15-25(19,4)23(20)12-13-26(21,22)5/h8,17-18,20-23H,6-7,9-16H2,1-5H3,(H,31,32,33)/t17-,18-,20+,21-,22+,23+,24+,25+,26-/m1/s1. The number of hydrogen-bond acceptors (Lipinski definition) is 3. The third-order valence-electron chi connectivity index (χ3n) is 11.0. The molecule has 0 aromatic heterocycles. The van der Waals surface area contributed by atoms with Gasteiger partial charge < -0.3 is 0 Å². The van der Waals surface area contributed by atoms with E-state index < -0.39 is 28.1 Å². The van der Waals surface area contributed by atoms with Gasteiger partial charge in [-0.2, -0.15) is 21.6 Å². The van der Waals surface area contributed by atoms with Crippen molar-refractivity contribution in [3.05, 3.63) is 11.6 Å². The Morgan fingerprint density at radius 3 is 2.37 bits per heavy atom. The molecular formula is C27H43F3O4S. The Hall–Kier alpha value is -0.600. The molecule has 4 aliphatic carbocycles. The topological polar surface area (TPSA) is 63.6 Å². The predicted octanol–water partition coefficient (Wildman–Crippen LogP) is 7.76. The maximum absolute atomic E-state index is 13.1. The van der Waals surface area contributed by atoms with E-state index in [-0.39, 0.29) is 17.3 Å². The van der Waals surface area contributed by atoms with Gasteiger partial charge in [0.2, 0.25) is 0 Å². The van der Waals surface area contributed by atoms with Gasteiger partial charge in [-0.15, -0.1) is 0 Å². The molecule has 0 aromatic rings. The van der Waals surface area contributed by atoms with E-state index in [4.69, 9.17) is 4.18 Å². The van der Waals surface area contributed by atoms with Gasteiger partial charge in [0.15, 0.2) is 0 Å². The van der Waals surface area contributed by atoms with E-state index >= 15 is 0 Å². The molecule has 0 radical (unpaired) electrons. The number of allylic oxidation sites excluding steroid dienone is 1. The lowest BCUT2D eigenvalue weighted by Gasteiger charge is -2.59. The van der Waals surface area contributed by atoms with Crippen LogP contribution in [0.4, 0.5) is 13.2 Å². The summed E-state index contributed by atoms with van der Waals surface area (Å²) in [5, 5.41) is 0. The van der Waals surface area contributed by atoms with Crippen LogP contribution in [-0.2, 0) is 14.6 Å². The summed E-state index contributed by atoms with van der Waals surface area (Å²) >= 11 is 0. The van der Waals surface area contributed by atoms with Crippen molar-refractivity contribution in [3.8, 4) is 0 Å². The second-order valence-electron chi connectivity index (χ2n) is 13.1. The van der Waals surface area contributed by atoms with Crippen LogP contribution in [0.3, 0.4) is 0 Å². The molecule has 8 heteroatoms. The highest BCUT2D eigenvalue weighted by molar-refractivity contribution is 7.80. The molecule has 0 saturated heterocycles. The van der Waals surface area contributed by atoms with E-state index in [0.717, 1.165) is 38.5 Å². The first-order valence-corrected chi connectivity index (χ1v) is 14.8. The summed E-state index contributed by atoms with van der Waals surface area (Å²) in [5.41, 5.74) is 0.555. The van der Waals surface area contributed by atoms with Gasteiger partial charge in [0.05, 0.1) is 11.5 Å². The van der Waals surface area contributed by atoms with Gasteiger partial charge >= 0.3 is 16.6 Å². The highest BCUT2D eigenvalue weighted by atomic mass is 32.3. The van der Waals surface area contributed by atoms with Gasteiger partial charge in [0, 0.05) is 0 Å². The molecule has 3 fully saturated rings. The van der Waals surface area contributed by atoms with Gasteiger partial charge in [0.1, 0.15) is 0 Å². The Labute approximate surface area is 209 Å². The van der Waals surface area contributed by atoms with Crippen LogP contribution in [0, 0.1) is 46.3 Å². The first-order valence-electron chi connectivity index (χ1n) is 13.4. The second-order valence-corrected chi connectivity index (χ2v) is 14.1. The predicted molar refractivity (Wildman–Crippen MR) is 130 cm³/mol. The molecule has 0 aromatic carbocycles. The molecule has 0 unspecified atom stereocenters. The van der Waals surface area contributed by atoms with Crippen LogP contribution in [0.2, 0.25) is 0 Å². The van der Waals surface area contributed by atoms with Gasteiger partial charge in [-0.1, -0.05) is 39.3 Å². The van der Waals surface area contributed by atoms with Crippen molar-refractivity contribution in [2.75, 3.05) is 0 Å². The lowest BCUT2D eigenvalue weighted by atomic mass is 9.46. The van der Waals surface area contributed by atoms with Crippen molar-refractivity contribution in [1.82, 2.24) is 0 Å². The van der Waals surface area contributed by atoms with E-state index in [2.05, 4.69) is 26.8 Å². The summed E-state index contributed by atoms with van der Waals surface area (Å²) in [4.78, 5) is 0. The molecule has 0 aliphatic heterocycles. The van der Waals surface area contributed by atoms with Crippen molar-refractivity contribution in [1.29, 1.82) is 0 Å². The third kappa shape index (κ3) is 5.09. The van der Waals surface area contributed by atoms with Crippen LogP contribution in [0.5, 0.6) is 0 Å². The Bertz CT molecular complexity index is 947. The monoisotopic (exact) mass is 520 g/mol. The fourth-order valence-corrected chi connectivity index (χ4v) is 9.62. The van der Waals surface area contributed by atoms with Gasteiger partial charge in [0.25, 0.3) is 0 Å². The normalized spacial score (nSPS) is 43.5. The Balaban J connectivity index is 1.48. The lowest BCUT2D eigenvalue weighted by Crippen LogP contribution is -2.52. The van der Waals surface area contributed by atoms with Crippen LogP contribution in [0.15, 0.2) is 11.6 Å². The molecule has 0 bridgehead atoms. The maximum atomic E-state index is 13.1. The first-order chi connectivity index (χ1) is 16.0. The Kier molecular flexibility index (Phi) is 7.06. The minimum absolute atomic E-state index is 0.0121. The van der Waals surface area contributed by atoms with Gasteiger partial charge in [-0.25, -0.2) is 4.18 Å². The molecule has 0 spiro atoms. The highest BCUT2D eigenvalue weighted by Gasteiger charge is 2.60. The molecular weight excluding hydrogens is 477 g/mol. The summed E-state index contributed by atoms with van der Waals surface area (Å²) in [6.45, 7) is 9.99. The first kappa shape index (κ1) is 27.4. The van der Waals surface area contributed by atoms with E-state index in [1.54, 1.807) is 6.92 Å². The van der Waals surface area contributed by atoms with Crippen molar-refractivity contribution in [2.24, 2.45) is 46.3 Å². The number of rotatable bonds is 6. The van der Waals surface area contributed by atoms with Gasteiger partial charge in [-0.05, 0) is 112 Å². The molecule has 3 saturated carbocycles. The van der Waals surface area contributed by atoms with E-state index in [1.165, 1.54) is 12.5 Å². The fourth-order valence-electron chi connectivity index (χ4n) is 8.97. The molecule has 0 amide bonds. The number of fused-ring (bicyclic) bond motifs is 5. The van der Waals surface area contributed by atoms with Crippen LogP contribution in [0.25, 0.3) is 0 Å². The number of hydrogen-bond donors (Lipinski definition) is 1. The molecule has 1 N–H and O–H groups in total. The average Bonchev–Trinajstić information content (AvgIpc) is 3.07. The summed E-state index contributed by atoms with van der Waals surface area (Å²) in [6, 6.07) is 0. The summed E-state index contributed by atoms with van der Waals surface area (Å²) in [5.74, 6) is 1.23. The van der Waals surface area contributed by atoms with Crippen LogP contribution in [0.1, 0.15) is 98.8 Å². The molecule has 4 aliphatic rings. The molecule has 4 nitrogen and oxygen atoms in total. The number of halogens is 3. The van der Waals surface area contributed by atoms with E-state index in [1.807, 2.05) is 0 Å². The summed E-state index contributed by atoms with van der Waals surface area (Å²) < 4.78 is 76.3. The van der Waals surface area contributed by atoms with Gasteiger partial charge in [-0.3, -0.25) is 4.55 Å². The molecule has 9 atom stereocenters. The van der Waals surface area contributed by atoms with Crippen molar-refractivity contribution < 1.29 is 30.3 Å². The minimum Gasteiger partial charge on any atom is -0.264 e. The minimum atomic E-state index is -4.51. The zero-order valence-corrected chi connectivity index (χ0v) is 22.6. The van der Waals surface area contributed by atoms with Crippen molar-refractivity contribution >= 4 is 10.4 Å². The Morgan fingerprint density at radius 2 is 1.74 bits per heavy atom. The molecule has 35 heavy (non-hydrogen) atoms. The van der Waals surface area contributed by atoms with Crippen LogP contribution < -0.4 is 0 Å². The molecule has 0 heterocycles. The quantitative estimate of drug-likeness (QED) is 0.287. The fraction of sp³-hybridized carbons (Fsp3) is 0.926. The SMILES string of the molecule is C[C@H](CC[C@@H](C)C(F)(F)F)[C@H]1CC[C@H]2[C@@H]3CC=C4C[C@@](C)(OS(=O)(=O)O)CC[C@]4(C)[C@H]3CC[C@]12C. The summed E-state index contributed by atoms with van der Waals surface area (Å²) in [6.07, 6.45) is 6.47. The van der Waals surface area contributed by atoms with Crippen molar-refractivity contribution in [2.45, 2.75) is 111 Å². The zero-order valence-electron chi connectivity index (χ0n) is 21.8. The second kappa shape index (κ2) is 9.00. The lowest BCUT2D eigenvalue weighted by molar-refractivity contribution is -0.172. The van der Waals surface area contributed by atoms with E-state index in [0.29, 0.717) is 48.9 Å². The van der Waals surface area contributed by atoms with E-state index in [9.17, 15) is 26.1 Å². The smallest absolute Gasteiger partial charge is 0.264 e. The van der Waals surface area contributed by atoms with Crippen molar-refractivity contribution in [3.63, 3.8) is 0 Å². The highest BCUT2D eigenvalue weighted by Crippen LogP contribution is 2.68. The average molecular weight is 521 g/mol.